The number of hydrogen-bond acceptors (Lipinski definition) is 3. The molecule has 150 valence electrons. The number of nitrogens with one attached hydrogen (secondary N) is 1. The van der Waals surface area contributed by atoms with Gasteiger partial charge in [0.25, 0.3) is 0 Å². The zero-order valence-corrected chi connectivity index (χ0v) is 17.0. The summed E-state index contributed by atoms with van der Waals surface area (Å²) in [4.78, 5) is 17.2. The van der Waals surface area contributed by atoms with Crippen molar-refractivity contribution in [1.82, 2.24) is 15.1 Å². The molecule has 1 aromatic heterocycles. The summed E-state index contributed by atoms with van der Waals surface area (Å²) >= 11 is 0. The van der Waals surface area contributed by atoms with Crippen molar-refractivity contribution in [2.24, 2.45) is 11.8 Å². The SMILES string of the molecule is CC1CCN(CCCNC(=O)N(Cc2ccc(C3CC3C)o2)C2CC2)CC1. The molecule has 1 saturated heterocycles. The minimum Gasteiger partial charge on any atom is -0.464 e. The summed E-state index contributed by atoms with van der Waals surface area (Å²) in [6, 6.07) is 4.62. The van der Waals surface area contributed by atoms with Gasteiger partial charge >= 0.3 is 6.03 Å². The van der Waals surface area contributed by atoms with Gasteiger partial charge < -0.3 is 19.5 Å². The summed E-state index contributed by atoms with van der Waals surface area (Å²) in [5.74, 6) is 4.24. The van der Waals surface area contributed by atoms with Crippen molar-refractivity contribution in [3.8, 4) is 0 Å². The Kier molecular flexibility index (Phi) is 5.76. The van der Waals surface area contributed by atoms with Gasteiger partial charge in [-0.25, -0.2) is 4.79 Å². The molecule has 1 aliphatic heterocycles. The molecule has 2 atom stereocenters. The van der Waals surface area contributed by atoms with Gasteiger partial charge in [-0.15, -0.1) is 0 Å². The highest BCUT2D eigenvalue weighted by Gasteiger charge is 2.37. The fraction of sp³-hybridized carbons (Fsp3) is 0.773. The van der Waals surface area contributed by atoms with Crippen LogP contribution in [-0.4, -0.2) is 48.1 Å². The molecule has 0 radical (unpaired) electrons. The summed E-state index contributed by atoms with van der Waals surface area (Å²) in [5, 5.41) is 3.14. The lowest BCUT2D eigenvalue weighted by molar-refractivity contribution is 0.180. The van der Waals surface area contributed by atoms with Gasteiger partial charge in [-0.2, -0.15) is 0 Å². The second-order valence-electron chi connectivity index (χ2n) is 9.09. The Morgan fingerprint density at radius 3 is 2.63 bits per heavy atom. The lowest BCUT2D eigenvalue weighted by Crippen LogP contribution is -2.42. The third-order valence-corrected chi connectivity index (χ3v) is 6.54. The van der Waals surface area contributed by atoms with Gasteiger partial charge in [-0.3, -0.25) is 0 Å². The Bertz CT molecular complexity index is 631. The molecule has 0 bridgehead atoms. The van der Waals surface area contributed by atoms with Crippen LogP contribution < -0.4 is 5.32 Å². The maximum atomic E-state index is 12.7. The number of rotatable bonds is 8. The van der Waals surface area contributed by atoms with Crippen LogP contribution in [0.15, 0.2) is 16.5 Å². The smallest absolute Gasteiger partial charge is 0.318 e. The first-order chi connectivity index (χ1) is 13.1. The van der Waals surface area contributed by atoms with Gasteiger partial charge in [0.05, 0.1) is 6.54 Å². The number of carbonyl (C=O) groups excluding carboxylic acids is 1. The molecule has 4 rings (SSSR count). The number of nitrogens with zero attached hydrogens (tertiary/aromatic N) is 2. The van der Waals surface area contributed by atoms with Crippen molar-refractivity contribution in [2.45, 2.75) is 70.9 Å². The Hall–Kier alpha value is -1.49. The Morgan fingerprint density at radius 2 is 1.96 bits per heavy atom. The first-order valence-electron chi connectivity index (χ1n) is 11.0. The summed E-state index contributed by atoms with van der Waals surface area (Å²) in [5.41, 5.74) is 0. The minimum absolute atomic E-state index is 0.0718. The average molecular weight is 374 g/mol. The van der Waals surface area contributed by atoms with E-state index in [1.807, 2.05) is 4.90 Å². The summed E-state index contributed by atoms with van der Waals surface area (Å²) in [7, 11) is 0. The van der Waals surface area contributed by atoms with E-state index < -0.39 is 0 Å². The molecule has 2 amide bonds. The molecule has 0 spiro atoms. The normalized spacial score (nSPS) is 26.1. The number of carbonyl (C=O) groups is 1. The molecule has 2 heterocycles. The quantitative estimate of drug-likeness (QED) is 0.695. The highest BCUT2D eigenvalue weighted by atomic mass is 16.3. The molecule has 3 fully saturated rings. The van der Waals surface area contributed by atoms with Crippen LogP contribution in [0.4, 0.5) is 4.79 Å². The highest BCUT2D eigenvalue weighted by Crippen LogP contribution is 2.47. The zero-order valence-electron chi connectivity index (χ0n) is 17.0. The van der Waals surface area contributed by atoms with Crippen LogP contribution in [0.3, 0.4) is 0 Å². The minimum atomic E-state index is 0.0718. The maximum absolute atomic E-state index is 12.7. The highest BCUT2D eigenvalue weighted by molar-refractivity contribution is 5.74. The van der Waals surface area contributed by atoms with Crippen LogP contribution in [0.25, 0.3) is 0 Å². The molecule has 5 heteroatoms. The van der Waals surface area contributed by atoms with Crippen molar-refractivity contribution in [1.29, 1.82) is 0 Å². The maximum Gasteiger partial charge on any atom is 0.318 e. The van der Waals surface area contributed by atoms with Crippen molar-refractivity contribution in [3.63, 3.8) is 0 Å². The Labute approximate surface area is 163 Å². The molecular formula is C22H35N3O2. The third-order valence-electron chi connectivity index (χ3n) is 6.54. The topological polar surface area (TPSA) is 48.7 Å². The summed E-state index contributed by atoms with van der Waals surface area (Å²) in [6.45, 7) is 9.49. The summed E-state index contributed by atoms with van der Waals surface area (Å²) < 4.78 is 6.02. The molecule has 1 aromatic rings. The van der Waals surface area contributed by atoms with E-state index in [2.05, 4.69) is 36.2 Å². The lowest BCUT2D eigenvalue weighted by Gasteiger charge is -2.30. The second-order valence-corrected chi connectivity index (χ2v) is 9.09. The van der Waals surface area contributed by atoms with E-state index in [4.69, 9.17) is 4.42 Å². The molecule has 0 aromatic carbocycles. The number of hydrogen-bond donors (Lipinski definition) is 1. The standard InChI is InChI=1S/C22H35N3O2/c1-16-8-12-24(13-9-16)11-3-10-23-22(26)25(18-4-5-18)15-19-6-7-21(27-19)20-14-17(20)2/h6-7,16-18,20H,3-5,8-15H2,1-2H3,(H,23,26). The van der Waals surface area contributed by atoms with Crippen LogP contribution in [0.5, 0.6) is 0 Å². The molecule has 27 heavy (non-hydrogen) atoms. The number of furan rings is 1. The fourth-order valence-corrected chi connectivity index (χ4v) is 4.20. The van der Waals surface area contributed by atoms with Gasteiger partial charge in [0.1, 0.15) is 11.5 Å². The zero-order chi connectivity index (χ0) is 18.8. The van der Waals surface area contributed by atoms with Gasteiger partial charge in [0.15, 0.2) is 0 Å². The van der Waals surface area contributed by atoms with Crippen LogP contribution in [0, 0.1) is 11.8 Å². The van der Waals surface area contributed by atoms with Crippen LogP contribution in [0.1, 0.15) is 69.8 Å². The van der Waals surface area contributed by atoms with Crippen LogP contribution in [-0.2, 0) is 6.54 Å². The second kappa shape index (κ2) is 8.26. The molecule has 2 aliphatic carbocycles. The van der Waals surface area contributed by atoms with Gasteiger partial charge in [-0.05, 0) is 82.1 Å². The average Bonchev–Trinajstić information content (AvgIpc) is 3.58. The molecular weight excluding hydrogens is 338 g/mol. The molecule has 2 unspecified atom stereocenters. The number of piperidine rings is 1. The van der Waals surface area contributed by atoms with Crippen molar-refractivity contribution >= 4 is 6.03 Å². The van der Waals surface area contributed by atoms with Crippen molar-refractivity contribution in [2.75, 3.05) is 26.2 Å². The van der Waals surface area contributed by atoms with E-state index in [0.29, 0.717) is 18.5 Å². The van der Waals surface area contributed by atoms with E-state index in [1.54, 1.807) is 0 Å². The van der Waals surface area contributed by atoms with Crippen molar-refractivity contribution < 1.29 is 9.21 Å². The Morgan fingerprint density at radius 1 is 1.22 bits per heavy atom. The van der Waals surface area contributed by atoms with Crippen LogP contribution >= 0.6 is 0 Å². The van der Waals surface area contributed by atoms with Crippen LogP contribution in [0.2, 0.25) is 0 Å². The van der Waals surface area contributed by atoms with Gasteiger partial charge in [-0.1, -0.05) is 13.8 Å². The van der Waals surface area contributed by atoms with Crippen molar-refractivity contribution in [3.05, 3.63) is 23.7 Å². The van der Waals surface area contributed by atoms with E-state index in [0.717, 1.165) is 55.7 Å². The predicted molar refractivity (Wildman–Crippen MR) is 107 cm³/mol. The van der Waals surface area contributed by atoms with E-state index in [9.17, 15) is 4.79 Å². The van der Waals surface area contributed by atoms with E-state index in [1.165, 1.54) is 32.4 Å². The summed E-state index contributed by atoms with van der Waals surface area (Å²) in [6.07, 6.45) is 7.12. The first kappa shape index (κ1) is 18.9. The first-order valence-corrected chi connectivity index (χ1v) is 11.0. The molecule has 3 aliphatic rings. The molecule has 1 N–H and O–H groups in total. The number of amides is 2. The third kappa shape index (κ3) is 5.07. The van der Waals surface area contributed by atoms with E-state index in [-0.39, 0.29) is 6.03 Å². The lowest BCUT2D eigenvalue weighted by atomic mass is 9.99. The Balaban J connectivity index is 1.20. The van der Waals surface area contributed by atoms with Gasteiger partial charge in [0.2, 0.25) is 0 Å². The predicted octanol–water partition coefficient (Wildman–Crippen LogP) is 4.20. The largest absolute Gasteiger partial charge is 0.464 e. The fourth-order valence-electron chi connectivity index (χ4n) is 4.20. The molecule has 5 nitrogen and oxygen atoms in total. The van der Waals surface area contributed by atoms with E-state index >= 15 is 0 Å². The number of urea groups is 1. The molecule has 2 saturated carbocycles. The number of likely N-dealkylation sites (tertiary alicyclic amines) is 1. The monoisotopic (exact) mass is 373 g/mol. The van der Waals surface area contributed by atoms with Gasteiger partial charge in [0, 0.05) is 18.5 Å².